The van der Waals surface area contributed by atoms with E-state index < -0.39 is 0 Å². The minimum atomic E-state index is 0.271. The van der Waals surface area contributed by atoms with Crippen molar-refractivity contribution >= 4 is 28.8 Å². The van der Waals surface area contributed by atoms with Gasteiger partial charge in [-0.2, -0.15) is 0 Å². The highest BCUT2D eigenvalue weighted by molar-refractivity contribution is 7.80. The highest BCUT2D eigenvalue weighted by atomic mass is 35.5. The molecule has 5 heteroatoms. The van der Waals surface area contributed by atoms with E-state index in [0.717, 1.165) is 52.9 Å². The van der Waals surface area contributed by atoms with Crippen molar-refractivity contribution in [2.45, 2.75) is 25.6 Å². The molecule has 1 heterocycles. The lowest BCUT2D eigenvalue weighted by Crippen LogP contribution is -2.31. The summed E-state index contributed by atoms with van der Waals surface area (Å²) in [4.78, 5) is 0.724. The van der Waals surface area contributed by atoms with Crippen LogP contribution in [0, 0.1) is 0 Å². The molecular formula is C19H20ClNO2S. The van der Waals surface area contributed by atoms with E-state index in [1.54, 1.807) is 0 Å². The third kappa shape index (κ3) is 4.94. The molecule has 1 fully saturated rings. The molecule has 2 aromatic rings. The number of hydrogen-bond donors (Lipinski definition) is 1. The van der Waals surface area contributed by atoms with Gasteiger partial charge >= 0.3 is 0 Å². The van der Waals surface area contributed by atoms with Crippen LogP contribution < -0.4 is 10.1 Å². The molecule has 24 heavy (non-hydrogen) atoms. The zero-order valence-electron chi connectivity index (χ0n) is 13.3. The molecule has 0 spiro atoms. The van der Waals surface area contributed by atoms with Crippen LogP contribution in [-0.2, 0) is 11.3 Å². The van der Waals surface area contributed by atoms with E-state index in [0.29, 0.717) is 6.61 Å². The second kappa shape index (κ2) is 8.47. The van der Waals surface area contributed by atoms with Gasteiger partial charge in [-0.1, -0.05) is 48.1 Å². The Labute approximate surface area is 152 Å². The van der Waals surface area contributed by atoms with Gasteiger partial charge in [0.05, 0.1) is 6.10 Å². The zero-order chi connectivity index (χ0) is 16.8. The number of nitrogens with one attached hydrogen (secondary N) is 1. The van der Waals surface area contributed by atoms with E-state index in [4.69, 9.17) is 33.3 Å². The largest absolute Gasteiger partial charge is 0.489 e. The molecule has 0 unspecified atom stereocenters. The van der Waals surface area contributed by atoms with Gasteiger partial charge in [0.2, 0.25) is 0 Å². The van der Waals surface area contributed by atoms with Crippen LogP contribution in [0.15, 0.2) is 48.5 Å². The monoisotopic (exact) mass is 361 g/mol. The Kier molecular flexibility index (Phi) is 6.07. The standard InChI is InChI=1S/C19H20ClNO2S/c20-16-8-6-14(7-9-16)13-23-17-4-1-3-15(11-17)19(24)21-12-18-5-2-10-22-18/h1,3-4,6-9,11,18H,2,5,10,12-13H2,(H,21,24)/t18-/m1/s1. The fourth-order valence-electron chi connectivity index (χ4n) is 2.59. The summed E-state index contributed by atoms with van der Waals surface area (Å²) < 4.78 is 11.4. The highest BCUT2D eigenvalue weighted by Crippen LogP contribution is 2.17. The SMILES string of the molecule is S=C(NC[C@H]1CCCO1)c1cccc(OCc2ccc(Cl)cc2)c1. The summed E-state index contributed by atoms with van der Waals surface area (Å²) in [6.07, 6.45) is 2.50. The Hall–Kier alpha value is -1.62. The molecule has 1 N–H and O–H groups in total. The van der Waals surface area contributed by atoms with Gasteiger partial charge in [0, 0.05) is 23.7 Å². The average Bonchev–Trinajstić information content (AvgIpc) is 3.13. The van der Waals surface area contributed by atoms with Gasteiger partial charge in [-0.15, -0.1) is 0 Å². The topological polar surface area (TPSA) is 30.5 Å². The van der Waals surface area contributed by atoms with Gasteiger partial charge in [-0.25, -0.2) is 0 Å². The fourth-order valence-corrected chi connectivity index (χ4v) is 2.92. The molecule has 0 saturated carbocycles. The zero-order valence-corrected chi connectivity index (χ0v) is 14.9. The summed E-state index contributed by atoms with van der Waals surface area (Å²) in [5, 5.41) is 4.01. The van der Waals surface area contributed by atoms with Crippen molar-refractivity contribution in [3.05, 3.63) is 64.7 Å². The van der Waals surface area contributed by atoms with Crippen LogP contribution in [0.4, 0.5) is 0 Å². The lowest BCUT2D eigenvalue weighted by Gasteiger charge is -2.13. The fraction of sp³-hybridized carbons (Fsp3) is 0.316. The number of benzene rings is 2. The Balaban J connectivity index is 1.54. The average molecular weight is 362 g/mol. The molecule has 2 aromatic carbocycles. The molecule has 0 amide bonds. The summed E-state index contributed by atoms with van der Waals surface area (Å²) in [6.45, 7) is 2.11. The maximum atomic E-state index is 5.89. The number of thiocarbonyl (C=S) groups is 1. The van der Waals surface area contributed by atoms with Crippen LogP contribution in [0.3, 0.4) is 0 Å². The smallest absolute Gasteiger partial charge is 0.120 e. The maximum Gasteiger partial charge on any atom is 0.120 e. The van der Waals surface area contributed by atoms with Crippen molar-refractivity contribution in [3.8, 4) is 5.75 Å². The summed E-state index contributed by atoms with van der Waals surface area (Å²) in [5.41, 5.74) is 2.03. The van der Waals surface area contributed by atoms with E-state index in [1.165, 1.54) is 0 Å². The molecule has 126 valence electrons. The van der Waals surface area contributed by atoms with Gasteiger partial charge in [-0.05, 0) is 42.7 Å². The van der Waals surface area contributed by atoms with Crippen molar-refractivity contribution < 1.29 is 9.47 Å². The summed E-state index contributed by atoms with van der Waals surface area (Å²) in [5.74, 6) is 0.795. The number of rotatable bonds is 6. The van der Waals surface area contributed by atoms with Crippen LogP contribution in [0.25, 0.3) is 0 Å². The van der Waals surface area contributed by atoms with Crippen LogP contribution in [0.1, 0.15) is 24.0 Å². The second-order valence-corrected chi connectivity index (χ2v) is 6.63. The summed E-state index contributed by atoms with van der Waals surface area (Å²) in [6, 6.07) is 15.5. The molecule has 0 aliphatic carbocycles. The lowest BCUT2D eigenvalue weighted by molar-refractivity contribution is 0.114. The highest BCUT2D eigenvalue weighted by Gasteiger charge is 2.15. The van der Waals surface area contributed by atoms with E-state index in [2.05, 4.69) is 5.32 Å². The molecule has 3 rings (SSSR count). The first kappa shape index (κ1) is 17.2. The summed E-state index contributed by atoms with van der Waals surface area (Å²) in [7, 11) is 0. The number of ether oxygens (including phenoxy) is 2. The predicted molar refractivity (Wildman–Crippen MR) is 101 cm³/mol. The molecule has 0 aromatic heterocycles. The first-order valence-electron chi connectivity index (χ1n) is 8.08. The molecule has 1 aliphatic rings. The minimum absolute atomic E-state index is 0.271. The van der Waals surface area contributed by atoms with Crippen LogP contribution in [0.5, 0.6) is 5.75 Å². The number of hydrogen-bond acceptors (Lipinski definition) is 3. The quantitative estimate of drug-likeness (QED) is 0.774. The van der Waals surface area contributed by atoms with Crippen LogP contribution in [-0.4, -0.2) is 24.2 Å². The molecule has 1 aliphatic heterocycles. The van der Waals surface area contributed by atoms with Gasteiger partial charge < -0.3 is 14.8 Å². The van der Waals surface area contributed by atoms with Gasteiger partial charge in [-0.3, -0.25) is 0 Å². The van der Waals surface area contributed by atoms with E-state index in [-0.39, 0.29) is 6.10 Å². The van der Waals surface area contributed by atoms with Gasteiger partial charge in [0.1, 0.15) is 17.3 Å². The summed E-state index contributed by atoms with van der Waals surface area (Å²) >= 11 is 11.4. The molecule has 1 atom stereocenters. The van der Waals surface area contributed by atoms with Gasteiger partial charge in [0.15, 0.2) is 0 Å². The Morgan fingerprint density at radius 2 is 2.08 bits per heavy atom. The second-order valence-electron chi connectivity index (χ2n) is 5.79. The van der Waals surface area contributed by atoms with Crippen molar-refractivity contribution in [2.24, 2.45) is 0 Å². The van der Waals surface area contributed by atoms with Crippen LogP contribution >= 0.6 is 23.8 Å². The maximum absolute atomic E-state index is 5.89. The predicted octanol–water partition coefficient (Wildman–Crippen LogP) is 4.36. The Morgan fingerprint density at radius 3 is 2.83 bits per heavy atom. The van der Waals surface area contributed by atoms with Gasteiger partial charge in [0.25, 0.3) is 0 Å². The number of halogens is 1. The third-order valence-electron chi connectivity index (χ3n) is 3.93. The van der Waals surface area contributed by atoms with E-state index in [1.807, 2.05) is 48.5 Å². The van der Waals surface area contributed by atoms with E-state index >= 15 is 0 Å². The minimum Gasteiger partial charge on any atom is -0.489 e. The van der Waals surface area contributed by atoms with Crippen molar-refractivity contribution in [1.82, 2.24) is 5.32 Å². The molecule has 0 bridgehead atoms. The Morgan fingerprint density at radius 1 is 1.25 bits per heavy atom. The normalized spacial score (nSPS) is 16.8. The molecule has 3 nitrogen and oxygen atoms in total. The molecule has 1 saturated heterocycles. The van der Waals surface area contributed by atoms with Crippen LogP contribution in [0.2, 0.25) is 5.02 Å². The van der Waals surface area contributed by atoms with Crippen molar-refractivity contribution in [1.29, 1.82) is 0 Å². The molecule has 0 radical (unpaired) electrons. The van der Waals surface area contributed by atoms with E-state index in [9.17, 15) is 0 Å². The first-order chi connectivity index (χ1) is 11.7. The first-order valence-corrected chi connectivity index (χ1v) is 8.86. The lowest BCUT2D eigenvalue weighted by atomic mass is 10.2. The third-order valence-corrected chi connectivity index (χ3v) is 4.56. The van der Waals surface area contributed by atoms with Crippen molar-refractivity contribution in [3.63, 3.8) is 0 Å². The van der Waals surface area contributed by atoms with Crippen molar-refractivity contribution in [2.75, 3.05) is 13.2 Å². The molecular weight excluding hydrogens is 342 g/mol. The Bertz CT molecular complexity index is 684.